The molecule has 0 bridgehead atoms. The predicted octanol–water partition coefficient (Wildman–Crippen LogP) is 1.99. The Hall–Kier alpha value is -2.02. The van der Waals surface area contributed by atoms with E-state index in [4.69, 9.17) is 0 Å². The summed E-state index contributed by atoms with van der Waals surface area (Å²) < 4.78 is 27.2. The van der Waals surface area contributed by atoms with Gasteiger partial charge in [-0.15, -0.1) is 0 Å². The van der Waals surface area contributed by atoms with Gasteiger partial charge in [0.1, 0.15) is 11.6 Å². The maximum atomic E-state index is 14.1. The van der Waals surface area contributed by atoms with Crippen molar-refractivity contribution in [2.24, 2.45) is 5.92 Å². The quantitative estimate of drug-likeness (QED) is 0.822. The Morgan fingerprint density at radius 3 is 2.76 bits per heavy atom. The van der Waals surface area contributed by atoms with Gasteiger partial charge >= 0.3 is 0 Å². The van der Waals surface area contributed by atoms with E-state index in [1.807, 2.05) is 7.05 Å². The molecule has 1 fully saturated rings. The van der Waals surface area contributed by atoms with E-state index in [0.29, 0.717) is 19.0 Å². The molecule has 2 atom stereocenters. The van der Waals surface area contributed by atoms with Gasteiger partial charge in [-0.25, -0.2) is 8.78 Å². The molecule has 2 rings (SSSR count). The smallest absolute Gasteiger partial charge is 0.224 e. The van der Waals surface area contributed by atoms with Crippen molar-refractivity contribution in [3.8, 4) is 0 Å². The van der Waals surface area contributed by atoms with Gasteiger partial charge in [-0.3, -0.25) is 9.59 Å². The van der Waals surface area contributed by atoms with Crippen LogP contribution >= 0.6 is 0 Å². The number of likely N-dealkylation sites (tertiary alicyclic amines) is 1. The molecule has 1 saturated heterocycles. The molecule has 1 aromatic carbocycles. The van der Waals surface area contributed by atoms with Crippen molar-refractivity contribution >= 4 is 11.8 Å². The number of piperidine rings is 1. The van der Waals surface area contributed by atoms with Crippen LogP contribution in [0.15, 0.2) is 18.2 Å². The second-order valence-electron chi connectivity index (χ2n) is 6.53. The molecular formula is C18H25F2N3O2. The molecule has 0 aromatic heterocycles. The zero-order valence-electron chi connectivity index (χ0n) is 14.6. The second-order valence-corrected chi connectivity index (χ2v) is 6.53. The van der Waals surface area contributed by atoms with Gasteiger partial charge in [0.05, 0.1) is 12.5 Å². The molecule has 1 aliphatic heterocycles. The molecule has 2 N–H and O–H groups in total. The number of nitrogens with one attached hydrogen (secondary N) is 2. The van der Waals surface area contributed by atoms with E-state index in [1.54, 1.807) is 4.90 Å². The van der Waals surface area contributed by atoms with Crippen LogP contribution < -0.4 is 10.6 Å². The van der Waals surface area contributed by atoms with Crippen LogP contribution in [0.5, 0.6) is 0 Å². The van der Waals surface area contributed by atoms with Gasteiger partial charge in [0.2, 0.25) is 11.8 Å². The molecule has 7 heteroatoms. The van der Waals surface area contributed by atoms with E-state index in [9.17, 15) is 18.4 Å². The van der Waals surface area contributed by atoms with Gasteiger partial charge < -0.3 is 15.5 Å². The zero-order chi connectivity index (χ0) is 18.4. The highest BCUT2D eigenvalue weighted by Gasteiger charge is 2.27. The van der Waals surface area contributed by atoms with Crippen LogP contribution in [-0.4, -0.2) is 43.4 Å². The van der Waals surface area contributed by atoms with Gasteiger partial charge in [-0.2, -0.15) is 0 Å². The molecule has 1 aromatic rings. The van der Waals surface area contributed by atoms with E-state index in [0.717, 1.165) is 31.5 Å². The normalized spacial score (nSPS) is 18.7. The summed E-state index contributed by atoms with van der Waals surface area (Å²) in [5.74, 6) is -1.57. The van der Waals surface area contributed by atoms with Crippen molar-refractivity contribution < 1.29 is 18.4 Å². The summed E-state index contributed by atoms with van der Waals surface area (Å²) in [7, 11) is 1.88. The molecule has 1 aliphatic rings. The fraction of sp³-hybridized carbons (Fsp3) is 0.556. The molecule has 1 heterocycles. The average Bonchev–Trinajstić information content (AvgIpc) is 2.54. The Labute approximate surface area is 146 Å². The summed E-state index contributed by atoms with van der Waals surface area (Å²) >= 11 is 0. The Morgan fingerprint density at radius 1 is 1.36 bits per heavy atom. The minimum atomic E-state index is -0.810. The van der Waals surface area contributed by atoms with Gasteiger partial charge in [-0.05, 0) is 38.4 Å². The van der Waals surface area contributed by atoms with Gasteiger partial charge in [0, 0.05) is 31.6 Å². The van der Waals surface area contributed by atoms with E-state index >= 15 is 0 Å². The highest BCUT2D eigenvalue weighted by molar-refractivity contribution is 5.79. The fourth-order valence-corrected chi connectivity index (χ4v) is 3.32. The first-order chi connectivity index (χ1) is 11.9. The summed E-state index contributed by atoms with van der Waals surface area (Å²) in [6.07, 6.45) is 1.94. The van der Waals surface area contributed by atoms with E-state index in [2.05, 4.69) is 10.6 Å². The summed E-state index contributed by atoms with van der Waals surface area (Å²) in [5.41, 5.74) is 0.119. The summed E-state index contributed by atoms with van der Waals surface area (Å²) in [6.45, 7) is 3.46. The lowest BCUT2D eigenvalue weighted by atomic mass is 9.96. The van der Waals surface area contributed by atoms with E-state index < -0.39 is 17.7 Å². The van der Waals surface area contributed by atoms with Crippen LogP contribution in [0.4, 0.5) is 8.78 Å². The molecule has 0 aliphatic carbocycles. The lowest BCUT2D eigenvalue weighted by molar-refractivity contribution is -0.133. The number of nitrogens with zero attached hydrogens (tertiary/aromatic N) is 1. The largest absolute Gasteiger partial charge is 0.349 e. The minimum absolute atomic E-state index is 0.0472. The molecule has 2 amide bonds. The Kier molecular flexibility index (Phi) is 6.87. The predicted molar refractivity (Wildman–Crippen MR) is 90.8 cm³/mol. The maximum Gasteiger partial charge on any atom is 0.224 e. The Bertz CT molecular complexity index is 622. The third kappa shape index (κ3) is 5.49. The molecule has 25 heavy (non-hydrogen) atoms. The van der Waals surface area contributed by atoms with Crippen LogP contribution in [0.3, 0.4) is 0 Å². The molecule has 2 unspecified atom stereocenters. The molecule has 0 radical (unpaired) electrons. The average molecular weight is 353 g/mol. The number of carbonyl (C=O) groups excluding carboxylic acids is 2. The number of benzene rings is 1. The SMILES string of the molecule is CNCC1CCCN(C(=O)CC(NC(C)=O)c2ccc(F)cc2F)C1. The monoisotopic (exact) mass is 353 g/mol. The Balaban J connectivity index is 2.10. The lowest BCUT2D eigenvalue weighted by Gasteiger charge is -2.33. The first kappa shape index (κ1) is 19.3. The van der Waals surface area contributed by atoms with Crippen molar-refractivity contribution in [3.05, 3.63) is 35.4 Å². The molecule has 0 saturated carbocycles. The molecule has 0 spiro atoms. The van der Waals surface area contributed by atoms with Gasteiger partial charge in [0.15, 0.2) is 0 Å². The Morgan fingerprint density at radius 2 is 2.12 bits per heavy atom. The summed E-state index contributed by atoms with van der Waals surface area (Å²) in [4.78, 5) is 25.9. The standard InChI is InChI=1S/C18H25F2N3O2/c1-12(24)22-17(15-6-5-14(19)8-16(15)20)9-18(25)23-7-3-4-13(11-23)10-21-2/h5-6,8,13,17,21H,3-4,7,9-11H2,1-2H3,(H,22,24). The number of hydrogen-bond acceptors (Lipinski definition) is 3. The van der Waals surface area contributed by atoms with Crippen LogP contribution in [0.2, 0.25) is 0 Å². The van der Waals surface area contributed by atoms with Crippen LogP contribution in [0, 0.1) is 17.6 Å². The third-order valence-corrected chi connectivity index (χ3v) is 4.46. The van der Waals surface area contributed by atoms with Gasteiger partial charge in [0.25, 0.3) is 0 Å². The number of halogens is 2. The fourth-order valence-electron chi connectivity index (χ4n) is 3.32. The van der Waals surface area contributed by atoms with Crippen LogP contribution in [0.25, 0.3) is 0 Å². The lowest BCUT2D eigenvalue weighted by Crippen LogP contribution is -2.44. The molecular weight excluding hydrogens is 328 g/mol. The van der Waals surface area contributed by atoms with Crippen molar-refractivity contribution in [3.63, 3.8) is 0 Å². The van der Waals surface area contributed by atoms with E-state index in [1.165, 1.54) is 13.0 Å². The van der Waals surface area contributed by atoms with Crippen LogP contribution in [0.1, 0.15) is 37.8 Å². The maximum absolute atomic E-state index is 14.1. The highest BCUT2D eigenvalue weighted by Crippen LogP contribution is 2.24. The molecule has 5 nitrogen and oxygen atoms in total. The first-order valence-electron chi connectivity index (χ1n) is 8.55. The van der Waals surface area contributed by atoms with Crippen molar-refractivity contribution in [2.75, 3.05) is 26.7 Å². The van der Waals surface area contributed by atoms with Crippen molar-refractivity contribution in [1.82, 2.24) is 15.5 Å². The first-order valence-corrected chi connectivity index (χ1v) is 8.55. The second kappa shape index (κ2) is 8.89. The van der Waals surface area contributed by atoms with E-state index in [-0.39, 0.29) is 23.8 Å². The zero-order valence-corrected chi connectivity index (χ0v) is 14.6. The topological polar surface area (TPSA) is 61.4 Å². The number of carbonyl (C=O) groups is 2. The number of rotatable bonds is 6. The summed E-state index contributed by atoms with van der Waals surface area (Å²) in [5, 5.41) is 5.72. The highest BCUT2D eigenvalue weighted by atomic mass is 19.1. The van der Waals surface area contributed by atoms with Gasteiger partial charge in [-0.1, -0.05) is 6.07 Å². The molecule has 138 valence electrons. The number of amides is 2. The minimum Gasteiger partial charge on any atom is -0.349 e. The summed E-state index contributed by atoms with van der Waals surface area (Å²) in [6, 6.07) is 2.36. The number of hydrogen-bond donors (Lipinski definition) is 2. The van der Waals surface area contributed by atoms with Crippen LogP contribution in [-0.2, 0) is 9.59 Å². The van der Waals surface area contributed by atoms with Crippen molar-refractivity contribution in [1.29, 1.82) is 0 Å². The van der Waals surface area contributed by atoms with Crippen molar-refractivity contribution in [2.45, 2.75) is 32.2 Å². The third-order valence-electron chi connectivity index (χ3n) is 4.46.